The highest BCUT2D eigenvalue weighted by Crippen LogP contribution is 2.39. The van der Waals surface area contributed by atoms with Crippen LogP contribution in [0, 0.1) is 5.82 Å². The maximum absolute atomic E-state index is 13.6. The largest absolute Gasteiger partial charge is 0.481 e. The smallest absolute Gasteiger partial charge is 0.348 e. The van der Waals surface area contributed by atoms with Gasteiger partial charge in [-0.25, -0.2) is 9.18 Å². The van der Waals surface area contributed by atoms with Crippen molar-refractivity contribution in [3.05, 3.63) is 77.6 Å². The maximum Gasteiger partial charge on any atom is 0.348 e. The minimum Gasteiger partial charge on any atom is -0.481 e. The lowest BCUT2D eigenvalue weighted by molar-refractivity contribution is -0.160. The van der Waals surface area contributed by atoms with E-state index in [1.807, 2.05) is 0 Å². The summed E-state index contributed by atoms with van der Waals surface area (Å²) in [7, 11) is 4.13. The molecule has 3 aromatic rings. The van der Waals surface area contributed by atoms with Gasteiger partial charge in [0.25, 0.3) is 0 Å². The zero-order valence-corrected chi connectivity index (χ0v) is 17.1. The fourth-order valence-electron chi connectivity index (χ4n) is 3.25. The number of ether oxygens (including phenoxy) is 4. The van der Waals surface area contributed by atoms with Gasteiger partial charge in [-0.1, -0.05) is 42.5 Å². The minimum atomic E-state index is -1.65. The van der Waals surface area contributed by atoms with E-state index in [0.29, 0.717) is 11.1 Å². The van der Waals surface area contributed by atoms with E-state index in [1.165, 1.54) is 51.7 Å². The molecule has 9 heteroatoms. The monoisotopic (exact) mass is 428 g/mol. The second-order valence-corrected chi connectivity index (χ2v) is 6.38. The zero-order valence-electron chi connectivity index (χ0n) is 17.1. The Kier molecular flexibility index (Phi) is 6.66. The molecule has 0 spiro atoms. The Morgan fingerprint density at radius 1 is 0.935 bits per heavy atom. The zero-order chi connectivity index (χ0) is 22.4. The molecule has 0 amide bonds. The number of carbonyl (C=O) groups is 1. The third-order valence-electron chi connectivity index (χ3n) is 4.69. The molecule has 0 saturated carbocycles. The van der Waals surface area contributed by atoms with Crippen molar-refractivity contribution in [2.45, 2.75) is 11.7 Å². The van der Waals surface area contributed by atoms with Crippen LogP contribution in [0.5, 0.6) is 17.8 Å². The SMILES string of the molecule is COc1cc(OC)nc(OC(C(=O)O)C(OC)(c2ccccc2)c2ccc(F)cc2)n1. The van der Waals surface area contributed by atoms with Crippen molar-refractivity contribution in [3.63, 3.8) is 0 Å². The number of rotatable bonds is 9. The summed E-state index contributed by atoms with van der Waals surface area (Å²) in [6.07, 6.45) is -1.65. The van der Waals surface area contributed by atoms with Gasteiger partial charge >= 0.3 is 12.0 Å². The standard InChI is InChI=1S/C22H21FN2O6/c1-28-17-13-18(29-2)25-21(24-17)31-19(20(26)27)22(30-3,14-7-5-4-6-8-14)15-9-11-16(23)12-10-15/h4-13,19H,1-3H3,(H,26,27). The van der Waals surface area contributed by atoms with Crippen LogP contribution in [0.2, 0.25) is 0 Å². The molecule has 2 aromatic carbocycles. The van der Waals surface area contributed by atoms with E-state index in [1.54, 1.807) is 30.3 Å². The number of aromatic nitrogens is 2. The Labute approximate surface area is 178 Å². The molecular weight excluding hydrogens is 407 g/mol. The van der Waals surface area contributed by atoms with E-state index < -0.39 is 23.5 Å². The van der Waals surface area contributed by atoms with Gasteiger partial charge in [0.15, 0.2) is 5.60 Å². The highest BCUT2D eigenvalue weighted by molar-refractivity contribution is 5.76. The molecule has 0 aliphatic rings. The van der Waals surface area contributed by atoms with Crippen molar-refractivity contribution in [2.75, 3.05) is 21.3 Å². The van der Waals surface area contributed by atoms with Crippen LogP contribution in [0.3, 0.4) is 0 Å². The minimum absolute atomic E-state index is 0.121. The molecule has 0 aliphatic carbocycles. The number of carboxylic acids is 1. The van der Waals surface area contributed by atoms with Gasteiger partial charge in [0.2, 0.25) is 17.9 Å². The molecule has 0 fully saturated rings. The van der Waals surface area contributed by atoms with E-state index in [0.717, 1.165) is 0 Å². The van der Waals surface area contributed by atoms with E-state index in [2.05, 4.69) is 9.97 Å². The highest BCUT2D eigenvalue weighted by atomic mass is 19.1. The van der Waals surface area contributed by atoms with Crippen molar-refractivity contribution in [1.82, 2.24) is 9.97 Å². The number of nitrogens with zero attached hydrogens (tertiary/aromatic N) is 2. The predicted octanol–water partition coefficient (Wildman–Crippen LogP) is 3.06. The van der Waals surface area contributed by atoms with Gasteiger partial charge in [-0.05, 0) is 23.3 Å². The first kappa shape index (κ1) is 22.0. The topological polar surface area (TPSA) is 100 Å². The number of halogens is 1. The van der Waals surface area contributed by atoms with Crippen LogP contribution >= 0.6 is 0 Å². The second-order valence-electron chi connectivity index (χ2n) is 6.38. The Hall–Kier alpha value is -3.72. The molecule has 162 valence electrons. The Morgan fingerprint density at radius 3 is 1.97 bits per heavy atom. The Morgan fingerprint density at radius 2 is 1.48 bits per heavy atom. The molecule has 0 bridgehead atoms. The molecule has 0 radical (unpaired) electrons. The number of aliphatic carboxylic acids is 1. The summed E-state index contributed by atoms with van der Waals surface area (Å²) in [6.45, 7) is 0. The van der Waals surface area contributed by atoms with Crippen molar-refractivity contribution in [1.29, 1.82) is 0 Å². The van der Waals surface area contributed by atoms with Gasteiger partial charge in [-0.2, -0.15) is 9.97 Å². The summed E-state index contributed by atoms with van der Waals surface area (Å²) in [6, 6.07) is 15.1. The molecule has 1 N–H and O–H groups in total. The molecule has 8 nitrogen and oxygen atoms in total. The first-order chi connectivity index (χ1) is 14.9. The van der Waals surface area contributed by atoms with E-state index in [4.69, 9.17) is 18.9 Å². The van der Waals surface area contributed by atoms with Gasteiger partial charge in [-0.3, -0.25) is 0 Å². The molecular formula is C22H21FN2O6. The molecule has 2 unspecified atom stereocenters. The van der Waals surface area contributed by atoms with Crippen LogP contribution in [-0.2, 0) is 15.1 Å². The van der Waals surface area contributed by atoms with Crippen LogP contribution in [0.1, 0.15) is 11.1 Å². The van der Waals surface area contributed by atoms with Crippen molar-refractivity contribution >= 4 is 5.97 Å². The van der Waals surface area contributed by atoms with Crippen LogP contribution in [0.25, 0.3) is 0 Å². The summed E-state index contributed by atoms with van der Waals surface area (Å²) in [5, 5.41) is 10.1. The lowest BCUT2D eigenvalue weighted by Gasteiger charge is -2.37. The van der Waals surface area contributed by atoms with Crippen molar-refractivity contribution in [3.8, 4) is 17.8 Å². The maximum atomic E-state index is 13.6. The summed E-state index contributed by atoms with van der Waals surface area (Å²) in [5.41, 5.74) is -0.809. The summed E-state index contributed by atoms with van der Waals surface area (Å²) >= 11 is 0. The average Bonchev–Trinajstić information content (AvgIpc) is 2.80. The number of hydrogen-bond donors (Lipinski definition) is 1. The van der Waals surface area contributed by atoms with Gasteiger partial charge in [0.1, 0.15) is 5.82 Å². The molecule has 0 aliphatic heterocycles. The molecule has 3 rings (SSSR count). The van der Waals surface area contributed by atoms with Gasteiger partial charge in [0.05, 0.1) is 20.3 Å². The number of hydrogen-bond acceptors (Lipinski definition) is 7. The van der Waals surface area contributed by atoms with Crippen molar-refractivity contribution < 1.29 is 33.2 Å². The Balaban J connectivity index is 2.19. The van der Waals surface area contributed by atoms with Gasteiger partial charge in [0, 0.05) is 7.11 Å². The van der Waals surface area contributed by atoms with Crippen LogP contribution in [0.4, 0.5) is 4.39 Å². The molecule has 2 atom stereocenters. The third kappa shape index (κ3) is 4.41. The normalized spacial score (nSPS) is 13.7. The predicted molar refractivity (Wildman–Crippen MR) is 108 cm³/mol. The fourth-order valence-corrected chi connectivity index (χ4v) is 3.25. The van der Waals surface area contributed by atoms with E-state index in [-0.39, 0.29) is 17.8 Å². The lowest BCUT2D eigenvalue weighted by atomic mass is 9.81. The number of benzene rings is 2. The Bertz CT molecular complexity index is 1010. The van der Waals surface area contributed by atoms with Crippen LogP contribution in [0.15, 0.2) is 60.7 Å². The number of methoxy groups -OCH3 is 3. The number of carboxylic acid groups (broad SMARTS) is 1. The average molecular weight is 428 g/mol. The van der Waals surface area contributed by atoms with Crippen LogP contribution < -0.4 is 14.2 Å². The first-order valence-corrected chi connectivity index (χ1v) is 9.17. The van der Waals surface area contributed by atoms with Crippen molar-refractivity contribution in [2.24, 2.45) is 0 Å². The van der Waals surface area contributed by atoms with Crippen LogP contribution in [-0.4, -0.2) is 48.5 Å². The molecule has 1 heterocycles. The second kappa shape index (κ2) is 9.40. The quantitative estimate of drug-likeness (QED) is 0.555. The third-order valence-corrected chi connectivity index (χ3v) is 4.69. The van der Waals surface area contributed by atoms with E-state index >= 15 is 0 Å². The van der Waals surface area contributed by atoms with Gasteiger partial charge in [-0.15, -0.1) is 0 Å². The summed E-state index contributed by atoms with van der Waals surface area (Å²) < 4.78 is 35.4. The highest BCUT2D eigenvalue weighted by Gasteiger charge is 2.49. The summed E-state index contributed by atoms with van der Waals surface area (Å²) in [5.74, 6) is -1.58. The first-order valence-electron chi connectivity index (χ1n) is 9.17. The molecule has 1 aromatic heterocycles. The molecule has 0 saturated heterocycles. The fraction of sp³-hybridized carbons (Fsp3) is 0.227. The summed E-state index contributed by atoms with van der Waals surface area (Å²) in [4.78, 5) is 20.5. The molecule has 31 heavy (non-hydrogen) atoms. The van der Waals surface area contributed by atoms with E-state index in [9.17, 15) is 14.3 Å². The lowest BCUT2D eigenvalue weighted by Crippen LogP contribution is -2.50. The van der Waals surface area contributed by atoms with Gasteiger partial charge < -0.3 is 24.1 Å².